The van der Waals surface area contributed by atoms with Crippen LogP contribution in [0, 0.1) is 6.92 Å². The first-order valence-corrected chi connectivity index (χ1v) is 7.18. The molecule has 1 fully saturated rings. The van der Waals surface area contributed by atoms with Crippen LogP contribution < -0.4 is 5.32 Å². The number of rotatable bonds is 5. The molecule has 1 saturated heterocycles. The minimum Gasteiger partial charge on any atom is -0.341 e. The molecule has 0 bridgehead atoms. The van der Waals surface area contributed by atoms with Gasteiger partial charge in [0.05, 0.1) is 0 Å². The molecule has 1 heterocycles. The summed E-state index contributed by atoms with van der Waals surface area (Å²) in [6, 6.07) is 8.93. The van der Waals surface area contributed by atoms with Gasteiger partial charge in [0.2, 0.25) is 5.91 Å². The molecule has 0 spiro atoms. The number of amides is 1. The molecule has 20 heavy (non-hydrogen) atoms. The highest BCUT2D eigenvalue weighted by atomic mass is 35.5. The van der Waals surface area contributed by atoms with Crippen molar-refractivity contribution in [3.8, 4) is 0 Å². The molecule has 1 aromatic rings. The van der Waals surface area contributed by atoms with Crippen LogP contribution in [0.25, 0.3) is 0 Å². The van der Waals surface area contributed by atoms with Crippen molar-refractivity contribution < 1.29 is 4.79 Å². The van der Waals surface area contributed by atoms with Crippen LogP contribution in [0.15, 0.2) is 24.3 Å². The second-order valence-corrected chi connectivity index (χ2v) is 5.57. The average Bonchev–Trinajstić information content (AvgIpc) is 2.91. The van der Waals surface area contributed by atoms with Crippen molar-refractivity contribution in [2.24, 2.45) is 0 Å². The Morgan fingerprint density at radius 1 is 1.35 bits per heavy atom. The maximum atomic E-state index is 12.1. The Bertz CT molecular complexity index is 413. The number of nitrogens with zero attached hydrogens (tertiary/aromatic N) is 1. The molecule has 1 amide bonds. The first-order chi connectivity index (χ1) is 9.15. The molecular formula is C16H25ClN2O. The van der Waals surface area contributed by atoms with Gasteiger partial charge in [-0.1, -0.05) is 29.8 Å². The van der Waals surface area contributed by atoms with Crippen LogP contribution in [-0.2, 0) is 11.3 Å². The number of carbonyl (C=O) groups excluding carboxylic acids is 1. The summed E-state index contributed by atoms with van der Waals surface area (Å²) in [6.45, 7) is 3.89. The second-order valence-electron chi connectivity index (χ2n) is 5.57. The Balaban J connectivity index is 0.00000200. The fraction of sp³-hybridized carbons (Fsp3) is 0.562. The molecule has 0 aliphatic carbocycles. The zero-order valence-electron chi connectivity index (χ0n) is 12.4. The van der Waals surface area contributed by atoms with Crippen molar-refractivity contribution in [1.29, 1.82) is 0 Å². The number of benzene rings is 1. The predicted octanol–water partition coefficient (Wildman–Crippen LogP) is 2.91. The van der Waals surface area contributed by atoms with Gasteiger partial charge in [0.1, 0.15) is 0 Å². The molecule has 4 heteroatoms. The van der Waals surface area contributed by atoms with E-state index in [1.165, 1.54) is 24.0 Å². The predicted molar refractivity (Wildman–Crippen MR) is 85.2 cm³/mol. The van der Waals surface area contributed by atoms with Gasteiger partial charge in [-0.15, -0.1) is 12.4 Å². The standard InChI is InChI=1S/C16H24N2O.ClH/c1-13-5-7-14(8-6-13)12-18(2)16(19)10-9-15-4-3-11-17-15;/h5-8,15,17H,3-4,9-12H2,1-2H3;1H. The first kappa shape index (κ1) is 17.0. The fourth-order valence-corrected chi connectivity index (χ4v) is 2.55. The molecule has 1 N–H and O–H groups in total. The van der Waals surface area contributed by atoms with Crippen molar-refractivity contribution in [1.82, 2.24) is 10.2 Å². The Morgan fingerprint density at radius 2 is 2.05 bits per heavy atom. The van der Waals surface area contributed by atoms with Crippen molar-refractivity contribution in [2.45, 2.75) is 45.2 Å². The summed E-state index contributed by atoms with van der Waals surface area (Å²) < 4.78 is 0. The van der Waals surface area contributed by atoms with E-state index in [9.17, 15) is 4.79 Å². The van der Waals surface area contributed by atoms with E-state index in [1.807, 2.05) is 11.9 Å². The monoisotopic (exact) mass is 296 g/mol. The molecular weight excluding hydrogens is 272 g/mol. The molecule has 1 aliphatic rings. The summed E-state index contributed by atoms with van der Waals surface area (Å²) >= 11 is 0. The highest BCUT2D eigenvalue weighted by molar-refractivity contribution is 5.85. The van der Waals surface area contributed by atoms with E-state index in [0.29, 0.717) is 19.0 Å². The largest absolute Gasteiger partial charge is 0.341 e. The first-order valence-electron chi connectivity index (χ1n) is 7.18. The van der Waals surface area contributed by atoms with Gasteiger partial charge in [-0.2, -0.15) is 0 Å². The van der Waals surface area contributed by atoms with Crippen LogP contribution in [0.2, 0.25) is 0 Å². The Kier molecular flexibility index (Phi) is 7.03. The number of hydrogen-bond donors (Lipinski definition) is 1. The van der Waals surface area contributed by atoms with Gasteiger partial charge in [0.15, 0.2) is 0 Å². The average molecular weight is 297 g/mol. The lowest BCUT2D eigenvalue weighted by Gasteiger charge is -2.18. The summed E-state index contributed by atoms with van der Waals surface area (Å²) in [5.74, 6) is 0.245. The third-order valence-corrected chi connectivity index (χ3v) is 3.84. The molecule has 2 rings (SSSR count). The van der Waals surface area contributed by atoms with E-state index < -0.39 is 0 Å². The van der Waals surface area contributed by atoms with E-state index in [0.717, 1.165) is 13.0 Å². The van der Waals surface area contributed by atoms with Crippen molar-refractivity contribution in [3.63, 3.8) is 0 Å². The number of halogens is 1. The van der Waals surface area contributed by atoms with E-state index in [4.69, 9.17) is 0 Å². The Hall–Kier alpha value is -1.06. The quantitative estimate of drug-likeness (QED) is 0.906. The normalized spacial score (nSPS) is 17.6. The molecule has 0 radical (unpaired) electrons. The van der Waals surface area contributed by atoms with Gasteiger partial charge < -0.3 is 10.2 Å². The molecule has 1 atom stereocenters. The van der Waals surface area contributed by atoms with Gasteiger partial charge in [-0.25, -0.2) is 0 Å². The van der Waals surface area contributed by atoms with E-state index >= 15 is 0 Å². The van der Waals surface area contributed by atoms with Crippen LogP contribution in [0.5, 0.6) is 0 Å². The smallest absolute Gasteiger partial charge is 0.222 e. The van der Waals surface area contributed by atoms with Crippen LogP contribution in [-0.4, -0.2) is 30.4 Å². The van der Waals surface area contributed by atoms with Crippen LogP contribution in [0.3, 0.4) is 0 Å². The van der Waals surface area contributed by atoms with Crippen LogP contribution in [0.4, 0.5) is 0 Å². The lowest BCUT2D eigenvalue weighted by molar-refractivity contribution is -0.130. The molecule has 112 valence electrons. The summed E-state index contributed by atoms with van der Waals surface area (Å²) in [5.41, 5.74) is 2.45. The van der Waals surface area contributed by atoms with Crippen molar-refractivity contribution in [3.05, 3.63) is 35.4 Å². The number of aryl methyl sites for hydroxylation is 1. The zero-order valence-corrected chi connectivity index (χ0v) is 13.2. The summed E-state index contributed by atoms with van der Waals surface area (Å²) in [5, 5.41) is 3.44. The molecule has 1 unspecified atom stereocenters. The van der Waals surface area contributed by atoms with E-state index in [1.54, 1.807) is 0 Å². The molecule has 0 aromatic heterocycles. The lowest BCUT2D eigenvalue weighted by Crippen LogP contribution is -2.29. The summed E-state index contributed by atoms with van der Waals surface area (Å²) in [4.78, 5) is 13.9. The van der Waals surface area contributed by atoms with Crippen LogP contribution >= 0.6 is 12.4 Å². The highest BCUT2D eigenvalue weighted by Crippen LogP contribution is 2.12. The fourth-order valence-electron chi connectivity index (χ4n) is 2.55. The zero-order chi connectivity index (χ0) is 13.7. The van der Waals surface area contributed by atoms with Gasteiger partial charge >= 0.3 is 0 Å². The van der Waals surface area contributed by atoms with E-state index in [2.05, 4.69) is 36.5 Å². The third-order valence-electron chi connectivity index (χ3n) is 3.84. The Morgan fingerprint density at radius 3 is 2.65 bits per heavy atom. The topological polar surface area (TPSA) is 32.3 Å². The van der Waals surface area contributed by atoms with Gasteiger partial charge in [0, 0.05) is 26.1 Å². The third kappa shape index (κ3) is 5.14. The van der Waals surface area contributed by atoms with Crippen LogP contribution in [0.1, 0.15) is 36.8 Å². The number of nitrogens with one attached hydrogen (secondary N) is 1. The minimum atomic E-state index is 0. The maximum absolute atomic E-state index is 12.1. The minimum absolute atomic E-state index is 0. The van der Waals surface area contributed by atoms with Gasteiger partial charge in [-0.3, -0.25) is 4.79 Å². The Labute approximate surface area is 128 Å². The molecule has 0 saturated carbocycles. The van der Waals surface area contributed by atoms with Crippen molar-refractivity contribution >= 4 is 18.3 Å². The molecule has 3 nitrogen and oxygen atoms in total. The summed E-state index contributed by atoms with van der Waals surface area (Å²) in [6.07, 6.45) is 4.09. The maximum Gasteiger partial charge on any atom is 0.222 e. The van der Waals surface area contributed by atoms with Gasteiger partial charge in [-0.05, 0) is 38.3 Å². The highest BCUT2D eigenvalue weighted by Gasteiger charge is 2.16. The summed E-state index contributed by atoms with van der Waals surface area (Å²) in [7, 11) is 1.89. The number of carbonyl (C=O) groups is 1. The second kappa shape index (κ2) is 8.28. The SMILES string of the molecule is Cc1ccc(CN(C)C(=O)CCC2CCCN2)cc1.Cl. The molecule has 1 aliphatic heterocycles. The number of hydrogen-bond acceptors (Lipinski definition) is 2. The van der Waals surface area contributed by atoms with Crippen molar-refractivity contribution in [2.75, 3.05) is 13.6 Å². The van der Waals surface area contributed by atoms with Gasteiger partial charge in [0.25, 0.3) is 0 Å². The van der Waals surface area contributed by atoms with E-state index in [-0.39, 0.29) is 18.3 Å². The lowest BCUT2D eigenvalue weighted by atomic mass is 10.1. The molecule has 1 aromatic carbocycles.